The van der Waals surface area contributed by atoms with Gasteiger partial charge in [-0.3, -0.25) is 0 Å². The molecule has 0 bridgehead atoms. The van der Waals surface area contributed by atoms with Gasteiger partial charge in [0.25, 0.3) is 0 Å². The van der Waals surface area contributed by atoms with Gasteiger partial charge in [-0.25, -0.2) is 13.2 Å². The molecule has 0 fully saturated rings. The fourth-order valence-corrected chi connectivity index (χ4v) is 4.30. The SMILES string of the molecule is Cc1ccc(-c2ccc(-c3ccc(OCC4=CCCC4)c(F)c3F)c(F)c2F)s1. The van der Waals surface area contributed by atoms with Crippen molar-refractivity contribution < 1.29 is 22.3 Å². The van der Waals surface area contributed by atoms with Crippen LogP contribution in [0.1, 0.15) is 24.1 Å². The van der Waals surface area contributed by atoms with Crippen molar-refractivity contribution in [2.45, 2.75) is 26.2 Å². The third kappa shape index (κ3) is 3.81. The van der Waals surface area contributed by atoms with Crippen LogP contribution in [0, 0.1) is 30.2 Å². The number of aryl methyl sites for hydroxylation is 1. The predicted molar refractivity (Wildman–Crippen MR) is 107 cm³/mol. The highest BCUT2D eigenvalue weighted by Crippen LogP contribution is 2.37. The van der Waals surface area contributed by atoms with E-state index in [4.69, 9.17) is 4.74 Å². The Bertz CT molecular complexity index is 1100. The minimum absolute atomic E-state index is 0.0926. The Balaban J connectivity index is 1.66. The van der Waals surface area contributed by atoms with Crippen molar-refractivity contribution in [3.05, 3.63) is 76.2 Å². The van der Waals surface area contributed by atoms with Gasteiger partial charge in [0, 0.05) is 26.4 Å². The molecule has 0 atom stereocenters. The Morgan fingerprint density at radius 2 is 1.48 bits per heavy atom. The van der Waals surface area contributed by atoms with Gasteiger partial charge in [0.05, 0.1) is 0 Å². The van der Waals surface area contributed by atoms with E-state index in [-0.39, 0.29) is 29.0 Å². The molecule has 2 aromatic carbocycles. The molecule has 1 aliphatic carbocycles. The maximum Gasteiger partial charge on any atom is 0.201 e. The fourth-order valence-electron chi connectivity index (χ4n) is 3.42. The van der Waals surface area contributed by atoms with Crippen LogP contribution in [0.3, 0.4) is 0 Å². The molecule has 1 aromatic heterocycles. The largest absolute Gasteiger partial charge is 0.486 e. The molecule has 0 N–H and O–H groups in total. The van der Waals surface area contributed by atoms with Crippen molar-refractivity contribution in [1.29, 1.82) is 0 Å². The number of thiophene rings is 1. The van der Waals surface area contributed by atoms with Gasteiger partial charge in [-0.05, 0) is 62.1 Å². The van der Waals surface area contributed by atoms with Gasteiger partial charge in [0.1, 0.15) is 6.61 Å². The summed E-state index contributed by atoms with van der Waals surface area (Å²) in [5.41, 5.74) is 0.456. The first-order valence-corrected chi connectivity index (χ1v) is 10.1. The Kier molecular flexibility index (Phi) is 5.46. The smallest absolute Gasteiger partial charge is 0.201 e. The Hall–Kier alpha value is -2.60. The van der Waals surface area contributed by atoms with Gasteiger partial charge in [-0.1, -0.05) is 12.1 Å². The zero-order valence-electron chi connectivity index (χ0n) is 15.7. The van der Waals surface area contributed by atoms with Crippen molar-refractivity contribution in [3.63, 3.8) is 0 Å². The summed E-state index contributed by atoms with van der Waals surface area (Å²) in [7, 11) is 0. The summed E-state index contributed by atoms with van der Waals surface area (Å²) in [6.45, 7) is 2.05. The molecular weight excluding hydrogens is 400 g/mol. The first kappa shape index (κ1) is 19.7. The van der Waals surface area contributed by atoms with E-state index in [0.29, 0.717) is 4.88 Å². The Morgan fingerprint density at radius 1 is 0.828 bits per heavy atom. The molecule has 6 heteroatoms. The average Bonchev–Trinajstić information content (AvgIpc) is 3.37. The molecule has 1 nitrogen and oxygen atoms in total. The maximum absolute atomic E-state index is 14.7. The molecule has 3 aromatic rings. The van der Waals surface area contributed by atoms with E-state index in [1.807, 2.05) is 13.0 Å². The van der Waals surface area contributed by atoms with Crippen molar-refractivity contribution in [3.8, 4) is 27.3 Å². The van der Waals surface area contributed by atoms with Crippen LogP contribution in [-0.2, 0) is 0 Å². The zero-order valence-corrected chi connectivity index (χ0v) is 16.5. The highest BCUT2D eigenvalue weighted by Gasteiger charge is 2.22. The standard InChI is InChI=1S/C23H18F4OS/c1-13-6-11-19(29-13)17-8-7-15(20(24)22(17)26)16-9-10-18(23(27)21(16)25)28-12-14-4-2-3-5-14/h4,6-11H,2-3,5,12H2,1H3. The minimum Gasteiger partial charge on any atom is -0.486 e. The first-order valence-electron chi connectivity index (χ1n) is 9.29. The predicted octanol–water partition coefficient (Wildman–Crippen LogP) is 7.44. The Labute approximate surface area is 170 Å². The van der Waals surface area contributed by atoms with Crippen LogP contribution < -0.4 is 4.74 Å². The molecule has 0 unspecified atom stereocenters. The third-order valence-corrected chi connectivity index (χ3v) is 6.01. The highest BCUT2D eigenvalue weighted by atomic mass is 32.1. The number of rotatable bonds is 5. The lowest BCUT2D eigenvalue weighted by molar-refractivity contribution is 0.322. The summed E-state index contributed by atoms with van der Waals surface area (Å²) < 4.78 is 63.8. The van der Waals surface area contributed by atoms with Gasteiger partial charge in [0.2, 0.25) is 5.82 Å². The molecule has 0 saturated carbocycles. The van der Waals surface area contributed by atoms with E-state index >= 15 is 0 Å². The summed E-state index contributed by atoms with van der Waals surface area (Å²) in [6, 6.07) is 8.61. The average molecular weight is 418 g/mol. The van der Waals surface area contributed by atoms with E-state index in [0.717, 1.165) is 29.7 Å². The maximum atomic E-state index is 14.7. The van der Waals surface area contributed by atoms with E-state index in [1.165, 1.54) is 35.6 Å². The monoisotopic (exact) mass is 418 g/mol. The number of ether oxygens (including phenoxy) is 1. The first-order chi connectivity index (χ1) is 14.0. The van der Waals surface area contributed by atoms with Crippen LogP contribution in [0.4, 0.5) is 17.6 Å². The lowest BCUT2D eigenvalue weighted by atomic mass is 10.0. The van der Waals surface area contributed by atoms with Crippen LogP contribution >= 0.6 is 11.3 Å². The van der Waals surface area contributed by atoms with Crippen molar-refractivity contribution in [1.82, 2.24) is 0 Å². The van der Waals surface area contributed by atoms with Gasteiger partial charge >= 0.3 is 0 Å². The molecule has 1 heterocycles. The zero-order chi connectivity index (χ0) is 20.5. The van der Waals surface area contributed by atoms with Crippen molar-refractivity contribution in [2.75, 3.05) is 6.61 Å². The van der Waals surface area contributed by atoms with Crippen molar-refractivity contribution >= 4 is 11.3 Å². The molecule has 0 amide bonds. The number of hydrogen-bond donors (Lipinski definition) is 0. The van der Waals surface area contributed by atoms with Crippen molar-refractivity contribution in [2.24, 2.45) is 0 Å². The number of hydrogen-bond acceptors (Lipinski definition) is 2. The normalized spacial score (nSPS) is 13.6. The highest BCUT2D eigenvalue weighted by molar-refractivity contribution is 7.15. The van der Waals surface area contributed by atoms with Gasteiger partial charge < -0.3 is 4.74 Å². The van der Waals surface area contributed by atoms with Crippen LogP contribution in [0.15, 0.2) is 48.0 Å². The molecular formula is C23H18F4OS. The summed E-state index contributed by atoms with van der Waals surface area (Å²) in [6.07, 6.45) is 4.89. The fraction of sp³-hybridized carbons (Fsp3) is 0.217. The van der Waals surface area contributed by atoms with E-state index in [1.54, 1.807) is 12.1 Å². The molecule has 150 valence electrons. The van der Waals surface area contributed by atoms with Crippen LogP contribution in [0.25, 0.3) is 21.6 Å². The summed E-state index contributed by atoms with van der Waals surface area (Å²) >= 11 is 1.33. The molecule has 0 radical (unpaired) electrons. The molecule has 0 saturated heterocycles. The quantitative estimate of drug-likeness (QED) is 0.309. The number of halogens is 4. The second-order valence-electron chi connectivity index (χ2n) is 6.98. The second-order valence-corrected chi connectivity index (χ2v) is 8.27. The Morgan fingerprint density at radius 3 is 2.14 bits per heavy atom. The van der Waals surface area contributed by atoms with Gasteiger partial charge in [-0.2, -0.15) is 4.39 Å². The van der Waals surface area contributed by atoms with Crippen LogP contribution in [-0.4, -0.2) is 6.61 Å². The molecule has 1 aliphatic rings. The molecule has 29 heavy (non-hydrogen) atoms. The van der Waals surface area contributed by atoms with E-state index < -0.39 is 23.3 Å². The molecule has 0 spiro atoms. The van der Waals surface area contributed by atoms with E-state index in [2.05, 4.69) is 0 Å². The van der Waals surface area contributed by atoms with Crippen LogP contribution in [0.5, 0.6) is 5.75 Å². The lowest BCUT2D eigenvalue weighted by Gasteiger charge is -2.12. The second kappa shape index (κ2) is 8.03. The lowest BCUT2D eigenvalue weighted by Crippen LogP contribution is -2.04. The van der Waals surface area contributed by atoms with Crippen LogP contribution in [0.2, 0.25) is 0 Å². The topological polar surface area (TPSA) is 9.23 Å². The third-order valence-electron chi connectivity index (χ3n) is 4.97. The molecule has 0 aliphatic heterocycles. The number of benzene rings is 2. The summed E-state index contributed by atoms with van der Waals surface area (Å²) in [5.74, 6) is -5.01. The minimum atomic E-state index is -1.26. The summed E-state index contributed by atoms with van der Waals surface area (Å²) in [5, 5.41) is 0. The summed E-state index contributed by atoms with van der Waals surface area (Å²) in [4.78, 5) is 1.53. The number of allylic oxidation sites excluding steroid dienone is 1. The van der Waals surface area contributed by atoms with Gasteiger partial charge in [0.15, 0.2) is 23.2 Å². The van der Waals surface area contributed by atoms with E-state index in [9.17, 15) is 17.6 Å². The molecule has 4 rings (SSSR count). The van der Waals surface area contributed by atoms with Gasteiger partial charge in [-0.15, -0.1) is 11.3 Å².